The van der Waals surface area contributed by atoms with E-state index < -0.39 is 6.04 Å². The molecule has 0 fully saturated rings. The number of aromatic nitrogens is 3. The second-order valence-electron chi connectivity index (χ2n) is 4.76. The summed E-state index contributed by atoms with van der Waals surface area (Å²) >= 11 is 6.19. The number of nitrogens with zero attached hydrogens (tertiary/aromatic N) is 3. The first-order chi connectivity index (χ1) is 10.1. The van der Waals surface area contributed by atoms with Gasteiger partial charge in [-0.1, -0.05) is 0 Å². The highest BCUT2D eigenvalue weighted by Gasteiger charge is 2.24. The number of pyridine rings is 1. The van der Waals surface area contributed by atoms with Crippen LogP contribution >= 0.6 is 11.6 Å². The molecule has 2 rings (SSSR count). The van der Waals surface area contributed by atoms with Gasteiger partial charge in [-0.3, -0.25) is 9.36 Å². The first-order valence-corrected chi connectivity index (χ1v) is 7.23. The van der Waals surface area contributed by atoms with Gasteiger partial charge in [0.15, 0.2) is 5.65 Å². The zero-order valence-corrected chi connectivity index (χ0v) is 13.1. The Labute approximate surface area is 128 Å². The molecular weight excluding hydrogens is 292 g/mol. The van der Waals surface area contributed by atoms with Crippen LogP contribution in [0.5, 0.6) is 0 Å². The maximum atomic E-state index is 12.2. The summed E-state index contributed by atoms with van der Waals surface area (Å²) in [5.74, 6) is 0.523. The fraction of sp³-hybridized carbons (Fsp3) is 0.500. The largest absolute Gasteiger partial charge is 0.383 e. The van der Waals surface area contributed by atoms with E-state index in [-0.39, 0.29) is 11.3 Å². The van der Waals surface area contributed by atoms with Crippen molar-refractivity contribution in [2.75, 3.05) is 20.3 Å². The molecule has 0 aliphatic carbocycles. The van der Waals surface area contributed by atoms with Gasteiger partial charge in [0, 0.05) is 19.9 Å². The molecule has 0 spiro atoms. The molecule has 114 valence electrons. The summed E-state index contributed by atoms with van der Waals surface area (Å²) in [5.41, 5.74) is 1.39. The molecule has 0 saturated heterocycles. The average molecular weight is 311 g/mol. The van der Waals surface area contributed by atoms with E-state index in [9.17, 15) is 4.79 Å². The Bertz CT molecular complexity index is 626. The van der Waals surface area contributed by atoms with Crippen molar-refractivity contribution in [2.24, 2.45) is 0 Å². The molecule has 2 aromatic heterocycles. The normalized spacial score (nSPS) is 14.1. The minimum Gasteiger partial charge on any atom is -0.383 e. The molecule has 21 heavy (non-hydrogen) atoms. The zero-order valence-electron chi connectivity index (χ0n) is 12.3. The molecule has 0 aromatic carbocycles. The lowest BCUT2D eigenvalue weighted by atomic mass is 10.3. The van der Waals surface area contributed by atoms with E-state index in [1.54, 1.807) is 24.8 Å². The molecule has 0 aliphatic rings. The monoisotopic (exact) mass is 310 g/mol. The fourth-order valence-electron chi connectivity index (χ4n) is 2.15. The minimum absolute atomic E-state index is 0.115. The summed E-state index contributed by atoms with van der Waals surface area (Å²) in [6.45, 7) is 4.57. The fourth-order valence-corrected chi connectivity index (χ4v) is 2.30. The summed E-state index contributed by atoms with van der Waals surface area (Å²) in [5, 5.41) is 2.51. The van der Waals surface area contributed by atoms with E-state index in [0.717, 1.165) is 5.52 Å². The molecule has 2 heterocycles. The van der Waals surface area contributed by atoms with Gasteiger partial charge in [-0.05, 0) is 26.0 Å². The lowest BCUT2D eigenvalue weighted by Crippen LogP contribution is -2.34. The average Bonchev–Trinajstić information content (AvgIpc) is 2.86. The number of nitrogens with one attached hydrogen (secondary N) is 1. The Morgan fingerprint density at radius 2 is 2.29 bits per heavy atom. The summed E-state index contributed by atoms with van der Waals surface area (Å²) in [6, 6.07) is 3.22. The van der Waals surface area contributed by atoms with Crippen LogP contribution in [0.2, 0.25) is 0 Å². The standard InChI is InChI=1S/C14H19ClN4O2/c1-9(15)12-18-11-5-4-6-16-13(11)19(12)10(2)14(20)17-7-8-21-3/h4-6,9-10H,7-8H2,1-3H3,(H,17,20). The Balaban J connectivity index is 2.34. The first-order valence-electron chi connectivity index (χ1n) is 6.79. The third kappa shape index (κ3) is 3.33. The van der Waals surface area contributed by atoms with Crippen molar-refractivity contribution < 1.29 is 9.53 Å². The van der Waals surface area contributed by atoms with Crippen LogP contribution in [0.25, 0.3) is 11.2 Å². The molecule has 2 unspecified atom stereocenters. The van der Waals surface area contributed by atoms with Crippen LogP contribution in [0.15, 0.2) is 18.3 Å². The number of methoxy groups -OCH3 is 1. The van der Waals surface area contributed by atoms with Gasteiger partial charge in [-0.25, -0.2) is 9.97 Å². The van der Waals surface area contributed by atoms with Crippen LogP contribution in [-0.4, -0.2) is 40.7 Å². The van der Waals surface area contributed by atoms with Crippen LogP contribution in [0.3, 0.4) is 0 Å². The number of hydrogen-bond donors (Lipinski definition) is 1. The second-order valence-corrected chi connectivity index (χ2v) is 5.42. The second kappa shape index (κ2) is 6.87. The van der Waals surface area contributed by atoms with Crippen molar-refractivity contribution in [1.82, 2.24) is 19.9 Å². The van der Waals surface area contributed by atoms with Gasteiger partial charge in [-0.15, -0.1) is 11.6 Å². The number of hydrogen-bond acceptors (Lipinski definition) is 4. The molecule has 0 saturated carbocycles. The Morgan fingerprint density at radius 1 is 1.52 bits per heavy atom. The number of alkyl halides is 1. The number of amides is 1. The van der Waals surface area contributed by atoms with Crippen LogP contribution in [0.4, 0.5) is 0 Å². The lowest BCUT2D eigenvalue weighted by molar-refractivity contribution is -0.124. The van der Waals surface area contributed by atoms with Crippen LogP contribution < -0.4 is 5.32 Å². The molecule has 0 bridgehead atoms. The zero-order chi connectivity index (χ0) is 15.4. The van der Waals surface area contributed by atoms with E-state index in [1.165, 1.54) is 0 Å². The molecule has 1 N–H and O–H groups in total. The number of imidazole rings is 1. The molecular formula is C14H19ClN4O2. The molecule has 6 nitrogen and oxygen atoms in total. The van der Waals surface area contributed by atoms with Gasteiger partial charge < -0.3 is 10.1 Å². The summed E-state index contributed by atoms with van der Waals surface area (Å²) < 4.78 is 6.71. The maximum absolute atomic E-state index is 12.2. The van der Waals surface area contributed by atoms with Crippen molar-refractivity contribution in [3.63, 3.8) is 0 Å². The molecule has 7 heteroatoms. The third-order valence-corrected chi connectivity index (χ3v) is 3.40. The van der Waals surface area contributed by atoms with Crippen molar-refractivity contribution in [1.29, 1.82) is 0 Å². The number of carbonyl (C=O) groups excluding carboxylic acids is 1. The van der Waals surface area contributed by atoms with E-state index in [4.69, 9.17) is 16.3 Å². The highest BCUT2D eigenvalue weighted by molar-refractivity contribution is 6.20. The number of ether oxygens (including phenoxy) is 1. The molecule has 1 amide bonds. The van der Waals surface area contributed by atoms with Crippen molar-refractivity contribution in [3.8, 4) is 0 Å². The molecule has 0 radical (unpaired) electrons. The van der Waals surface area contributed by atoms with Gasteiger partial charge in [-0.2, -0.15) is 0 Å². The lowest BCUT2D eigenvalue weighted by Gasteiger charge is -2.17. The quantitative estimate of drug-likeness (QED) is 0.655. The van der Waals surface area contributed by atoms with E-state index in [1.807, 2.05) is 19.1 Å². The third-order valence-electron chi connectivity index (χ3n) is 3.20. The van der Waals surface area contributed by atoms with Gasteiger partial charge in [0.1, 0.15) is 17.4 Å². The van der Waals surface area contributed by atoms with E-state index in [0.29, 0.717) is 24.6 Å². The van der Waals surface area contributed by atoms with Crippen molar-refractivity contribution in [3.05, 3.63) is 24.2 Å². The Kier molecular flexibility index (Phi) is 5.14. The molecule has 2 aromatic rings. The smallest absolute Gasteiger partial charge is 0.242 e. The van der Waals surface area contributed by atoms with Crippen LogP contribution in [0.1, 0.15) is 31.1 Å². The van der Waals surface area contributed by atoms with Crippen LogP contribution in [-0.2, 0) is 9.53 Å². The summed E-state index contributed by atoms with van der Waals surface area (Å²) in [4.78, 5) is 21.0. The highest BCUT2D eigenvalue weighted by Crippen LogP contribution is 2.26. The summed E-state index contributed by atoms with van der Waals surface area (Å²) in [6.07, 6.45) is 1.68. The highest BCUT2D eigenvalue weighted by atomic mass is 35.5. The number of halogens is 1. The minimum atomic E-state index is -0.446. The maximum Gasteiger partial charge on any atom is 0.242 e. The number of rotatable bonds is 6. The van der Waals surface area contributed by atoms with Crippen LogP contribution in [0, 0.1) is 0 Å². The van der Waals surface area contributed by atoms with Gasteiger partial charge in [0.25, 0.3) is 0 Å². The Morgan fingerprint density at radius 3 is 2.95 bits per heavy atom. The van der Waals surface area contributed by atoms with E-state index in [2.05, 4.69) is 15.3 Å². The van der Waals surface area contributed by atoms with Gasteiger partial charge in [0.05, 0.1) is 12.0 Å². The Hall–Kier alpha value is -1.66. The number of fused-ring (bicyclic) bond motifs is 1. The van der Waals surface area contributed by atoms with E-state index >= 15 is 0 Å². The van der Waals surface area contributed by atoms with Gasteiger partial charge in [0.2, 0.25) is 5.91 Å². The number of carbonyl (C=O) groups is 1. The molecule has 0 aliphatic heterocycles. The predicted molar refractivity (Wildman–Crippen MR) is 81.4 cm³/mol. The van der Waals surface area contributed by atoms with Crippen molar-refractivity contribution >= 4 is 28.7 Å². The topological polar surface area (TPSA) is 69.0 Å². The summed E-state index contributed by atoms with van der Waals surface area (Å²) in [7, 11) is 1.59. The molecule has 2 atom stereocenters. The first kappa shape index (κ1) is 15.7. The van der Waals surface area contributed by atoms with Gasteiger partial charge >= 0.3 is 0 Å². The SMILES string of the molecule is COCCNC(=O)C(C)n1c(C(C)Cl)nc2cccnc21. The van der Waals surface area contributed by atoms with Crippen molar-refractivity contribution in [2.45, 2.75) is 25.3 Å². The predicted octanol–water partition coefficient (Wildman–Crippen LogP) is 2.05.